The number of cyclic esters (lactones) is 1. The number of fused-ring (bicyclic) bond motifs is 1. The largest absolute Gasteiger partial charge is 0.514 e. The first-order chi connectivity index (χ1) is 12.6. The third kappa shape index (κ3) is 3.35. The van der Waals surface area contributed by atoms with Gasteiger partial charge in [0, 0.05) is 25.2 Å². The fourth-order valence-electron chi connectivity index (χ4n) is 4.25. The van der Waals surface area contributed by atoms with Crippen LogP contribution in [-0.2, 0) is 11.3 Å². The van der Waals surface area contributed by atoms with E-state index >= 15 is 0 Å². The molecule has 27 heavy (non-hydrogen) atoms. The zero-order chi connectivity index (χ0) is 20.0. The highest BCUT2D eigenvalue weighted by Gasteiger charge is 2.49. The number of carboxylic acid groups (broad SMARTS) is 1. The van der Waals surface area contributed by atoms with Crippen LogP contribution in [0.3, 0.4) is 0 Å². The minimum absolute atomic E-state index is 0.0386. The lowest BCUT2D eigenvalue weighted by Crippen LogP contribution is -2.69. The molecular weight excluding hydrogens is 348 g/mol. The number of amides is 1. The van der Waals surface area contributed by atoms with Crippen LogP contribution >= 0.6 is 0 Å². The molecule has 1 saturated heterocycles. The van der Waals surface area contributed by atoms with Crippen molar-refractivity contribution in [1.82, 2.24) is 4.90 Å². The fraction of sp³-hybridized carbons (Fsp3) is 0.600. The number of carbonyl (C=O) groups is 2. The van der Waals surface area contributed by atoms with Gasteiger partial charge in [0.15, 0.2) is 0 Å². The highest BCUT2D eigenvalue weighted by atomic mass is 16.5. The smallest absolute Gasteiger partial charge is 0.457 e. The molecule has 1 aromatic carbocycles. The lowest BCUT2D eigenvalue weighted by Gasteiger charge is -2.48. The van der Waals surface area contributed by atoms with Crippen molar-refractivity contribution in [3.05, 3.63) is 34.4 Å². The van der Waals surface area contributed by atoms with Crippen LogP contribution in [0, 0.1) is 6.92 Å². The number of aliphatic hydroxyl groups excluding tert-OH is 1. The van der Waals surface area contributed by atoms with Gasteiger partial charge in [-0.2, -0.15) is 4.79 Å². The normalized spacial score (nSPS) is 20.9. The second-order valence-electron chi connectivity index (χ2n) is 8.57. The molecule has 2 aliphatic heterocycles. The maximum atomic E-state index is 11.9. The molecule has 0 bridgehead atoms. The fourth-order valence-corrected chi connectivity index (χ4v) is 4.25. The summed E-state index contributed by atoms with van der Waals surface area (Å²) < 4.78 is 5.12. The molecule has 0 aliphatic carbocycles. The lowest BCUT2D eigenvalue weighted by molar-refractivity contribution is -0.907. The van der Waals surface area contributed by atoms with Crippen molar-refractivity contribution >= 4 is 12.1 Å². The number of piperazine rings is 1. The van der Waals surface area contributed by atoms with Crippen molar-refractivity contribution in [2.75, 3.05) is 32.7 Å². The monoisotopic (exact) mass is 377 g/mol. The zero-order valence-electron chi connectivity index (χ0n) is 16.5. The maximum absolute atomic E-state index is 11.9. The Morgan fingerprint density at radius 3 is 2.48 bits per heavy atom. The van der Waals surface area contributed by atoms with E-state index in [2.05, 4.69) is 4.90 Å². The summed E-state index contributed by atoms with van der Waals surface area (Å²) in [7, 11) is 0. The molecule has 7 nitrogen and oxygen atoms in total. The molecule has 1 atom stereocenters. The summed E-state index contributed by atoms with van der Waals surface area (Å²) in [4.78, 5) is 25.7. The Balaban J connectivity index is 1.70. The number of carbonyl (C=O) groups excluding carboxylic acids is 1. The molecule has 7 heteroatoms. The van der Waals surface area contributed by atoms with E-state index in [1.54, 1.807) is 12.1 Å². The van der Waals surface area contributed by atoms with Gasteiger partial charge in [0.1, 0.15) is 25.2 Å². The molecule has 3 rings (SSSR count). The molecular formula is C20H29N2O5+. The van der Waals surface area contributed by atoms with E-state index < -0.39 is 12.2 Å². The van der Waals surface area contributed by atoms with E-state index in [1.165, 1.54) is 0 Å². The second-order valence-corrected chi connectivity index (χ2v) is 8.57. The molecule has 0 spiro atoms. The van der Waals surface area contributed by atoms with Crippen LogP contribution in [0.1, 0.15) is 53.9 Å². The van der Waals surface area contributed by atoms with E-state index in [0.717, 1.165) is 16.7 Å². The second kappa shape index (κ2) is 6.89. The number of aliphatic hydroxyl groups is 1. The van der Waals surface area contributed by atoms with E-state index in [4.69, 9.17) is 4.74 Å². The van der Waals surface area contributed by atoms with Crippen molar-refractivity contribution in [2.45, 2.75) is 45.9 Å². The SMILES string of the molecule is Cc1c(C(O)CN2CC[N+](C(=O)O)(C(C)(C)C)CC2)ccc2c1COC2=O. The van der Waals surface area contributed by atoms with Gasteiger partial charge in [0.25, 0.3) is 0 Å². The molecule has 0 saturated carbocycles. The van der Waals surface area contributed by atoms with Gasteiger partial charge >= 0.3 is 12.1 Å². The van der Waals surface area contributed by atoms with Crippen LogP contribution in [0.25, 0.3) is 0 Å². The number of ether oxygens (including phenoxy) is 1. The first-order valence-electron chi connectivity index (χ1n) is 9.37. The molecule has 0 radical (unpaired) electrons. The number of nitrogens with zero attached hydrogens (tertiary/aromatic N) is 2. The first-order valence-corrected chi connectivity index (χ1v) is 9.37. The number of rotatable bonds is 3. The summed E-state index contributed by atoms with van der Waals surface area (Å²) in [5, 5.41) is 20.5. The molecule has 1 fully saturated rings. The van der Waals surface area contributed by atoms with Gasteiger partial charge in [-0.1, -0.05) is 6.07 Å². The minimum atomic E-state index is -0.790. The Morgan fingerprint density at radius 1 is 1.30 bits per heavy atom. The molecule has 148 valence electrons. The summed E-state index contributed by atoms with van der Waals surface area (Å²) in [5.74, 6) is -0.310. The van der Waals surface area contributed by atoms with Gasteiger partial charge in [0.05, 0.1) is 11.7 Å². The highest BCUT2D eigenvalue weighted by Crippen LogP contribution is 2.31. The quantitative estimate of drug-likeness (QED) is 0.621. The highest BCUT2D eigenvalue weighted by molar-refractivity contribution is 5.93. The van der Waals surface area contributed by atoms with E-state index in [1.807, 2.05) is 27.7 Å². The Labute approximate surface area is 159 Å². The Kier molecular flexibility index (Phi) is 5.05. The van der Waals surface area contributed by atoms with Crippen molar-refractivity contribution < 1.29 is 29.0 Å². The Bertz CT molecular complexity index is 760. The average molecular weight is 377 g/mol. The third-order valence-electron chi connectivity index (χ3n) is 6.24. The first kappa shape index (κ1) is 19.8. The standard InChI is InChI=1S/C20H28N2O5/c1-13-14(5-6-15-16(13)12-27-18(15)24)17(23)11-21-7-9-22(10-8-21,19(25)26)20(2,3)4/h5-6,17,23H,7-12H2,1-4H3/p+1. The molecule has 2 heterocycles. The Morgan fingerprint density at radius 2 is 1.93 bits per heavy atom. The van der Waals surface area contributed by atoms with Crippen LogP contribution in [0.2, 0.25) is 0 Å². The van der Waals surface area contributed by atoms with Gasteiger partial charge in [-0.3, -0.25) is 4.90 Å². The molecule has 2 aliphatic rings. The van der Waals surface area contributed by atoms with Crippen LogP contribution in [0.4, 0.5) is 4.79 Å². The van der Waals surface area contributed by atoms with Crippen molar-refractivity contribution in [1.29, 1.82) is 0 Å². The topological polar surface area (TPSA) is 87.1 Å². The van der Waals surface area contributed by atoms with Crippen molar-refractivity contribution in [2.24, 2.45) is 0 Å². The molecule has 1 amide bonds. The van der Waals surface area contributed by atoms with E-state index in [0.29, 0.717) is 38.3 Å². The number of hydrogen-bond acceptors (Lipinski definition) is 5. The Hall–Kier alpha value is -1.96. The van der Waals surface area contributed by atoms with E-state index in [9.17, 15) is 19.8 Å². The number of hydrogen-bond donors (Lipinski definition) is 2. The average Bonchev–Trinajstić information content (AvgIpc) is 2.96. The summed E-state index contributed by atoms with van der Waals surface area (Å²) >= 11 is 0. The third-order valence-corrected chi connectivity index (χ3v) is 6.24. The van der Waals surface area contributed by atoms with Gasteiger partial charge in [-0.25, -0.2) is 9.28 Å². The molecule has 0 aromatic heterocycles. The van der Waals surface area contributed by atoms with Crippen LogP contribution in [0.5, 0.6) is 0 Å². The summed E-state index contributed by atoms with van der Waals surface area (Å²) in [6.07, 6.45) is -1.48. The van der Waals surface area contributed by atoms with Crippen molar-refractivity contribution in [3.8, 4) is 0 Å². The minimum Gasteiger partial charge on any atom is -0.457 e. The van der Waals surface area contributed by atoms with Gasteiger partial charge in [-0.05, 0) is 44.9 Å². The molecule has 1 aromatic rings. The van der Waals surface area contributed by atoms with Gasteiger partial charge < -0.3 is 14.9 Å². The molecule has 1 unspecified atom stereocenters. The number of quaternary nitrogens is 1. The molecule has 2 N–H and O–H groups in total. The van der Waals surface area contributed by atoms with Crippen molar-refractivity contribution in [3.63, 3.8) is 0 Å². The number of β-amino-alcohol motifs (C(OH)–C–C–N with tert-alkyl or cyclic N) is 1. The van der Waals surface area contributed by atoms with Crippen LogP contribution < -0.4 is 0 Å². The zero-order valence-corrected chi connectivity index (χ0v) is 16.5. The van der Waals surface area contributed by atoms with Crippen LogP contribution in [0.15, 0.2) is 12.1 Å². The number of esters is 1. The van der Waals surface area contributed by atoms with E-state index in [-0.39, 0.29) is 22.6 Å². The summed E-state index contributed by atoms with van der Waals surface area (Å²) in [5.41, 5.74) is 2.75. The summed E-state index contributed by atoms with van der Waals surface area (Å²) in [6.45, 7) is 10.7. The van der Waals surface area contributed by atoms with Gasteiger partial charge in [0.2, 0.25) is 0 Å². The predicted molar refractivity (Wildman–Crippen MR) is 99.5 cm³/mol. The predicted octanol–water partition coefficient (Wildman–Crippen LogP) is 2.31. The lowest BCUT2D eigenvalue weighted by atomic mass is 9.95. The van der Waals surface area contributed by atoms with Gasteiger partial charge in [-0.15, -0.1) is 0 Å². The maximum Gasteiger partial charge on any atom is 0.514 e. The van der Waals surface area contributed by atoms with Crippen LogP contribution in [-0.4, -0.2) is 69.9 Å². The number of benzene rings is 1. The summed E-state index contributed by atoms with van der Waals surface area (Å²) in [6, 6.07) is 3.51.